The summed E-state index contributed by atoms with van der Waals surface area (Å²) >= 11 is 13.5. The Morgan fingerprint density at radius 2 is 1.73 bits per heavy atom. The van der Waals surface area contributed by atoms with Crippen molar-refractivity contribution in [1.82, 2.24) is 33.7 Å². The van der Waals surface area contributed by atoms with Crippen LogP contribution in [0.4, 0.5) is 5.69 Å². The molecular weight excluding hydrogens is 695 g/mol. The van der Waals surface area contributed by atoms with Gasteiger partial charge in [0.05, 0.1) is 39.7 Å². The number of amides is 1. The van der Waals surface area contributed by atoms with Crippen molar-refractivity contribution < 1.29 is 9.53 Å². The minimum Gasteiger partial charge on any atom is -0.494 e. The number of rotatable bonds is 8. The molecule has 0 bridgehead atoms. The molecule has 0 fully saturated rings. The molecule has 3 aromatic carbocycles. The second-order valence-corrected chi connectivity index (χ2v) is 14.7. The van der Waals surface area contributed by atoms with Crippen molar-refractivity contribution in [3.8, 4) is 22.6 Å². The fourth-order valence-electron chi connectivity index (χ4n) is 8.00. The molecule has 7 aromatic rings. The number of ether oxygens (including phenoxy) is 1. The standard InChI is InChI=1S/C40H40Cl2N8O2/c1-22-15-28(16-23(2)37(22)42)52-14-8-9-29-30-11-12-32(41)36(35-25(4)45-47(7)26(35)5)38(30)50-24(3)18-48(40(51)39(29)50)34-19-46(6)33-13-10-27(17-31(33)34)49-21-43-20-44-49/h10-13,15-17,19-21,24H,8-9,14,18H2,1-7H3. The molecule has 10 nitrogen and oxygen atoms in total. The summed E-state index contributed by atoms with van der Waals surface area (Å²) in [4.78, 5) is 21.2. The lowest BCUT2D eigenvalue weighted by Crippen LogP contribution is -2.42. The Labute approximate surface area is 312 Å². The zero-order chi connectivity index (χ0) is 36.6. The molecule has 52 heavy (non-hydrogen) atoms. The Morgan fingerprint density at radius 1 is 0.962 bits per heavy atom. The quantitative estimate of drug-likeness (QED) is 0.146. The van der Waals surface area contributed by atoms with Gasteiger partial charge in [-0.05, 0) is 101 Å². The molecule has 0 saturated carbocycles. The molecule has 266 valence electrons. The van der Waals surface area contributed by atoms with Crippen LogP contribution in [-0.4, -0.2) is 52.7 Å². The van der Waals surface area contributed by atoms with Gasteiger partial charge in [-0.15, -0.1) is 0 Å². The lowest BCUT2D eigenvalue weighted by Gasteiger charge is -2.34. The topological polar surface area (TPSA) is 87.9 Å². The van der Waals surface area contributed by atoms with E-state index in [1.165, 1.54) is 6.33 Å². The third-order valence-corrected chi connectivity index (χ3v) is 11.4. The van der Waals surface area contributed by atoms with Crippen LogP contribution in [0.1, 0.15) is 58.0 Å². The Balaban J connectivity index is 1.26. The summed E-state index contributed by atoms with van der Waals surface area (Å²) < 4.78 is 14.2. The zero-order valence-electron chi connectivity index (χ0n) is 30.3. The maximum absolute atomic E-state index is 15.1. The molecule has 8 rings (SSSR count). The lowest BCUT2D eigenvalue weighted by atomic mass is 9.98. The highest BCUT2D eigenvalue weighted by atomic mass is 35.5. The van der Waals surface area contributed by atoms with Gasteiger partial charge in [-0.3, -0.25) is 9.48 Å². The summed E-state index contributed by atoms with van der Waals surface area (Å²) in [6, 6.07) is 14.1. The fraction of sp³-hybridized carbons (Fsp3) is 0.300. The summed E-state index contributed by atoms with van der Waals surface area (Å²) in [5.74, 6) is 0.742. The average Bonchev–Trinajstić information content (AvgIpc) is 3.89. The van der Waals surface area contributed by atoms with Crippen LogP contribution in [0.15, 0.2) is 61.3 Å². The molecule has 0 saturated heterocycles. The van der Waals surface area contributed by atoms with Gasteiger partial charge in [0.1, 0.15) is 24.1 Å². The maximum Gasteiger partial charge on any atom is 0.275 e. The van der Waals surface area contributed by atoms with E-state index in [-0.39, 0.29) is 11.9 Å². The molecule has 12 heteroatoms. The van der Waals surface area contributed by atoms with Crippen molar-refractivity contribution in [1.29, 1.82) is 0 Å². The van der Waals surface area contributed by atoms with Crippen molar-refractivity contribution in [2.24, 2.45) is 14.1 Å². The molecule has 1 atom stereocenters. The Morgan fingerprint density at radius 3 is 2.42 bits per heavy atom. The van der Waals surface area contributed by atoms with Gasteiger partial charge in [-0.25, -0.2) is 9.67 Å². The lowest BCUT2D eigenvalue weighted by molar-refractivity contribution is 0.0957. The highest BCUT2D eigenvalue weighted by molar-refractivity contribution is 6.35. The van der Waals surface area contributed by atoms with Gasteiger partial charge in [0.2, 0.25) is 0 Å². The minimum absolute atomic E-state index is 0.0467. The molecule has 1 aliphatic heterocycles. The van der Waals surface area contributed by atoms with Crippen LogP contribution in [0.25, 0.3) is 38.6 Å². The Bertz CT molecular complexity index is 2520. The molecule has 0 spiro atoms. The molecule has 0 aliphatic carbocycles. The van der Waals surface area contributed by atoms with Crippen molar-refractivity contribution in [2.75, 3.05) is 18.1 Å². The zero-order valence-corrected chi connectivity index (χ0v) is 31.8. The van der Waals surface area contributed by atoms with E-state index in [0.717, 1.165) is 83.2 Å². The van der Waals surface area contributed by atoms with Gasteiger partial charge >= 0.3 is 0 Å². The monoisotopic (exact) mass is 734 g/mol. The number of hydrogen-bond acceptors (Lipinski definition) is 5. The van der Waals surface area contributed by atoms with Gasteiger partial charge in [-0.1, -0.05) is 29.3 Å². The van der Waals surface area contributed by atoms with E-state index < -0.39 is 0 Å². The van der Waals surface area contributed by atoms with Gasteiger partial charge in [0.25, 0.3) is 5.91 Å². The molecule has 4 aromatic heterocycles. The van der Waals surface area contributed by atoms with Crippen molar-refractivity contribution >= 4 is 56.6 Å². The normalized spacial score (nSPS) is 14.6. The fourth-order valence-corrected chi connectivity index (χ4v) is 8.35. The smallest absolute Gasteiger partial charge is 0.275 e. The maximum atomic E-state index is 15.1. The molecule has 1 unspecified atom stereocenters. The first kappa shape index (κ1) is 34.0. The van der Waals surface area contributed by atoms with Crippen molar-refractivity contribution in [3.05, 3.63) is 105 Å². The van der Waals surface area contributed by atoms with Gasteiger partial charge < -0.3 is 18.8 Å². The number of aromatic nitrogens is 7. The summed E-state index contributed by atoms with van der Waals surface area (Å²) in [6.45, 7) is 11.2. The SMILES string of the molecule is Cc1cc(OCCCc2c3n(c4c(-c5c(C)nn(C)c5C)c(Cl)ccc24)C(C)CN(c2cn(C)c4ccc(-n5cncn5)cc24)C3=O)cc(C)c1Cl. The number of carbonyl (C=O) groups is 1. The van der Waals surface area contributed by atoms with E-state index in [4.69, 9.17) is 33.0 Å². The number of nitrogens with zero attached hydrogens (tertiary/aromatic N) is 8. The van der Waals surface area contributed by atoms with Crippen LogP contribution in [0.5, 0.6) is 5.75 Å². The molecule has 0 N–H and O–H groups in total. The van der Waals surface area contributed by atoms with E-state index in [1.54, 1.807) is 11.0 Å². The van der Waals surface area contributed by atoms with Crippen LogP contribution in [0.3, 0.4) is 0 Å². The highest BCUT2D eigenvalue weighted by Crippen LogP contribution is 2.46. The first-order valence-electron chi connectivity index (χ1n) is 17.5. The predicted molar refractivity (Wildman–Crippen MR) is 208 cm³/mol. The molecule has 0 radical (unpaired) electrons. The number of aryl methyl sites for hydroxylation is 6. The van der Waals surface area contributed by atoms with Crippen LogP contribution in [0.2, 0.25) is 10.0 Å². The van der Waals surface area contributed by atoms with Gasteiger partial charge in [0.15, 0.2) is 0 Å². The van der Waals surface area contributed by atoms with E-state index in [1.807, 2.05) is 74.9 Å². The molecule has 1 aliphatic rings. The predicted octanol–water partition coefficient (Wildman–Crippen LogP) is 8.89. The number of carbonyl (C=O) groups excluding carboxylic acids is 1. The van der Waals surface area contributed by atoms with E-state index in [9.17, 15) is 0 Å². The van der Waals surface area contributed by atoms with Gasteiger partial charge in [0, 0.05) is 65.5 Å². The Kier molecular flexibility index (Phi) is 8.42. The summed E-state index contributed by atoms with van der Waals surface area (Å²) in [5, 5.41) is 12.4. The van der Waals surface area contributed by atoms with Crippen molar-refractivity contribution in [3.63, 3.8) is 0 Å². The summed E-state index contributed by atoms with van der Waals surface area (Å²) in [6.07, 6.45) is 6.58. The van der Waals surface area contributed by atoms with E-state index in [0.29, 0.717) is 36.7 Å². The van der Waals surface area contributed by atoms with Gasteiger partial charge in [-0.2, -0.15) is 10.2 Å². The molecule has 5 heterocycles. The Hall–Kier alpha value is -5.06. The minimum atomic E-state index is -0.0662. The third kappa shape index (κ3) is 5.38. The third-order valence-electron chi connectivity index (χ3n) is 10.5. The second kappa shape index (κ2) is 12.9. The molecular formula is C40H40Cl2N8O2. The van der Waals surface area contributed by atoms with E-state index >= 15 is 4.79 Å². The van der Waals surface area contributed by atoms with Crippen LogP contribution in [-0.2, 0) is 20.5 Å². The highest BCUT2D eigenvalue weighted by Gasteiger charge is 2.37. The van der Waals surface area contributed by atoms with Crippen LogP contribution < -0.4 is 9.64 Å². The number of fused-ring (bicyclic) bond motifs is 4. The van der Waals surface area contributed by atoms with E-state index in [2.05, 4.69) is 51.3 Å². The van der Waals surface area contributed by atoms with Crippen LogP contribution in [0, 0.1) is 27.7 Å². The first-order valence-corrected chi connectivity index (χ1v) is 18.2. The number of anilines is 1. The molecule has 1 amide bonds. The van der Waals surface area contributed by atoms with Crippen molar-refractivity contribution in [2.45, 2.75) is 53.5 Å². The largest absolute Gasteiger partial charge is 0.494 e. The summed E-state index contributed by atoms with van der Waals surface area (Å²) in [7, 11) is 3.96. The number of hydrogen-bond donors (Lipinski definition) is 0. The first-order chi connectivity index (χ1) is 24.9. The van der Waals surface area contributed by atoms with Crippen LogP contribution >= 0.6 is 23.2 Å². The average molecular weight is 736 g/mol. The second-order valence-electron chi connectivity index (χ2n) is 13.9. The number of halogens is 2. The number of benzene rings is 3. The summed E-state index contributed by atoms with van der Waals surface area (Å²) in [5.41, 5.74) is 11.2.